The fourth-order valence-electron chi connectivity index (χ4n) is 4.88. The van der Waals surface area contributed by atoms with Gasteiger partial charge in [0, 0.05) is 46.9 Å². The van der Waals surface area contributed by atoms with Gasteiger partial charge in [-0.3, -0.25) is 14.4 Å². The molecule has 5 rings (SSSR count). The van der Waals surface area contributed by atoms with Crippen LogP contribution >= 0.6 is 23.4 Å². The Bertz CT molecular complexity index is 1180. The number of thioether (sulfide) groups is 1. The number of fused-ring (bicyclic) bond motifs is 3. The normalized spacial score (nSPS) is 16.3. The van der Waals surface area contributed by atoms with Gasteiger partial charge in [0.2, 0.25) is 0 Å². The third-order valence-corrected chi connectivity index (χ3v) is 8.18. The van der Waals surface area contributed by atoms with Crippen molar-refractivity contribution in [3.8, 4) is 11.3 Å². The standard InChI is InChI=1S/C26H29ClN4OS/c1-17-5-3-4-6-19(17)15-31-11-9-18(10-12-31)14-28-26(32)24-22-16-33-23-8-7-20(27)13-21(23)25(22)30(2)29-24/h3-8,13,18H,9-12,14-16H2,1-2H3,(H,28,32). The Morgan fingerprint density at radius 2 is 2.00 bits per heavy atom. The summed E-state index contributed by atoms with van der Waals surface area (Å²) in [5.74, 6) is 1.19. The molecule has 2 aliphatic heterocycles. The molecule has 0 saturated carbocycles. The number of rotatable bonds is 5. The first kappa shape index (κ1) is 22.5. The molecule has 0 radical (unpaired) electrons. The van der Waals surface area contributed by atoms with E-state index in [1.807, 2.05) is 29.9 Å². The second-order valence-electron chi connectivity index (χ2n) is 9.08. The summed E-state index contributed by atoms with van der Waals surface area (Å²) in [4.78, 5) is 16.8. The van der Waals surface area contributed by atoms with Crippen molar-refractivity contribution in [3.05, 3.63) is 69.9 Å². The molecular weight excluding hydrogens is 452 g/mol. The summed E-state index contributed by atoms with van der Waals surface area (Å²) in [6, 6.07) is 14.5. The predicted octanol–water partition coefficient (Wildman–Crippen LogP) is 5.30. The first-order chi connectivity index (χ1) is 16.0. The monoisotopic (exact) mass is 480 g/mol. The number of carbonyl (C=O) groups excluding carboxylic acids is 1. The highest BCUT2D eigenvalue weighted by Crippen LogP contribution is 2.43. The van der Waals surface area contributed by atoms with E-state index in [-0.39, 0.29) is 5.91 Å². The van der Waals surface area contributed by atoms with Crippen LogP contribution in [0.2, 0.25) is 5.02 Å². The van der Waals surface area contributed by atoms with Crippen molar-refractivity contribution in [2.75, 3.05) is 19.6 Å². The van der Waals surface area contributed by atoms with Crippen molar-refractivity contribution < 1.29 is 4.79 Å². The van der Waals surface area contributed by atoms with Gasteiger partial charge in [0.15, 0.2) is 5.69 Å². The van der Waals surface area contributed by atoms with Crippen molar-refractivity contribution in [3.63, 3.8) is 0 Å². The zero-order valence-electron chi connectivity index (χ0n) is 19.1. The number of hydrogen-bond donors (Lipinski definition) is 1. The minimum atomic E-state index is -0.0692. The molecule has 5 nitrogen and oxygen atoms in total. The number of piperidine rings is 1. The largest absolute Gasteiger partial charge is 0.350 e. The summed E-state index contributed by atoms with van der Waals surface area (Å²) in [5, 5.41) is 8.46. The number of amides is 1. The second kappa shape index (κ2) is 9.53. The second-order valence-corrected chi connectivity index (χ2v) is 10.5. The number of benzene rings is 2. The van der Waals surface area contributed by atoms with Gasteiger partial charge in [-0.2, -0.15) is 5.10 Å². The maximum atomic E-state index is 13.1. The quantitative estimate of drug-likeness (QED) is 0.538. The van der Waals surface area contributed by atoms with Crippen molar-refractivity contribution in [2.45, 2.75) is 37.0 Å². The lowest BCUT2D eigenvalue weighted by atomic mass is 9.96. The number of hydrogen-bond acceptors (Lipinski definition) is 4. The molecule has 0 aliphatic carbocycles. The first-order valence-corrected chi connectivity index (χ1v) is 12.9. The third-order valence-electron chi connectivity index (χ3n) is 6.84. The van der Waals surface area contributed by atoms with E-state index in [9.17, 15) is 4.79 Å². The van der Waals surface area contributed by atoms with Crippen LogP contribution in [-0.4, -0.2) is 40.2 Å². The summed E-state index contributed by atoms with van der Waals surface area (Å²) in [5.41, 5.74) is 6.37. The van der Waals surface area contributed by atoms with E-state index in [1.165, 1.54) is 16.0 Å². The minimum Gasteiger partial charge on any atom is -0.350 e. The highest BCUT2D eigenvalue weighted by molar-refractivity contribution is 7.98. The van der Waals surface area contributed by atoms with Crippen LogP contribution in [0.25, 0.3) is 11.3 Å². The number of likely N-dealkylation sites (tertiary alicyclic amines) is 1. The maximum absolute atomic E-state index is 13.1. The Balaban J connectivity index is 1.19. The number of aryl methyl sites for hydroxylation is 2. The molecular formula is C26H29ClN4OS. The molecule has 0 bridgehead atoms. The van der Waals surface area contributed by atoms with Gasteiger partial charge in [-0.15, -0.1) is 11.8 Å². The number of nitrogens with zero attached hydrogens (tertiary/aromatic N) is 3. The Kier molecular flexibility index (Phi) is 6.50. The van der Waals surface area contributed by atoms with Crippen LogP contribution in [0.15, 0.2) is 47.4 Å². The predicted molar refractivity (Wildman–Crippen MR) is 135 cm³/mol. The molecule has 1 fully saturated rings. The van der Waals surface area contributed by atoms with Crippen LogP contribution < -0.4 is 5.32 Å². The molecule has 1 aromatic heterocycles. The fraction of sp³-hybridized carbons (Fsp3) is 0.385. The van der Waals surface area contributed by atoms with E-state index in [2.05, 4.69) is 46.5 Å². The molecule has 0 spiro atoms. The van der Waals surface area contributed by atoms with Gasteiger partial charge in [-0.25, -0.2) is 0 Å². The zero-order chi connectivity index (χ0) is 22.9. The number of carbonyl (C=O) groups is 1. The van der Waals surface area contributed by atoms with Gasteiger partial charge in [0.05, 0.1) is 5.69 Å². The Morgan fingerprint density at radius 3 is 2.79 bits per heavy atom. The fourth-order valence-corrected chi connectivity index (χ4v) is 6.11. The first-order valence-electron chi connectivity index (χ1n) is 11.5. The van der Waals surface area contributed by atoms with E-state index in [4.69, 9.17) is 11.6 Å². The maximum Gasteiger partial charge on any atom is 0.272 e. The highest BCUT2D eigenvalue weighted by Gasteiger charge is 2.28. The number of aromatic nitrogens is 2. The van der Waals surface area contributed by atoms with Crippen LogP contribution in [0.1, 0.15) is 40.0 Å². The molecule has 33 heavy (non-hydrogen) atoms. The molecule has 1 saturated heterocycles. The summed E-state index contributed by atoms with van der Waals surface area (Å²) in [6.45, 7) is 6.04. The van der Waals surface area contributed by atoms with Gasteiger partial charge in [-0.05, 0) is 68.1 Å². The van der Waals surface area contributed by atoms with Gasteiger partial charge in [0.1, 0.15) is 0 Å². The average molecular weight is 481 g/mol. The van der Waals surface area contributed by atoms with Gasteiger partial charge >= 0.3 is 0 Å². The average Bonchev–Trinajstić information content (AvgIpc) is 3.17. The smallest absolute Gasteiger partial charge is 0.272 e. The number of halogens is 1. The molecule has 2 aliphatic rings. The van der Waals surface area contributed by atoms with Crippen LogP contribution in [-0.2, 0) is 19.3 Å². The Labute approximate surface area is 204 Å². The van der Waals surface area contributed by atoms with E-state index in [0.29, 0.717) is 23.2 Å². The van der Waals surface area contributed by atoms with Crippen molar-refractivity contribution in [1.29, 1.82) is 0 Å². The molecule has 0 atom stereocenters. The summed E-state index contributed by atoms with van der Waals surface area (Å²) >= 11 is 7.98. The lowest BCUT2D eigenvalue weighted by Gasteiger charge is -2.32. The molecule has 172 valence electrons. The molecule has 1 N–H and O–H groups in total. The SMILES string of the molecule is Cc1ccccc1CN1CCC(CNC(=O)c2nn(C)c3c2CSc2ccc(Cl)cc2-3)CC1. The highest BCUT2D eigenvalue weighted by atomic mass is 35.5. The van der Waals surface area contributed by atoms with E-state index < -0.39 is 0 Å². The molecule has 3 aromatic rings. The van der Waals surface area contributed by atoms with Crippen molar-refractivity contribution in [2.24, 2.45) is 13.0 Å². The number of nitrogens with one attached hydrogen (secondary N) is 1. The molecule has 3 heterocycles. The molecule has 1 amide bonds. The Hall–Kier alpha value is -2.28. The van der Waals surface area contributed by atoms with E-state index in [1.54, 1.807) is 11.8 Å². The van der Waals surface area contributed by atoms with Crippen LogP contribution in [0.4, 0.5) is 0 Å². The van der Waals surface area contributed by atoms with Crippen molar-refractivity contribution >= 4 is 29.3 Å². The van der Waals surface area contributed by atoms with Gasteiger partial charge < -0.3 is 5.32 Å². The summed E-state index contributed by atoms with van der Waals surface area (Å²) in [6.07, 6.45) is 2.21. The Morgan fingerprint density at radius 1 is 1.21 bits per heavy atom. The van der Waals surface area contributed by atoms with Gasteiger partial charge in [0.25, 0.3) is 5.91 Å². The van der Waals surface area contributed by atoms with Gasteiger partial charge in [-0.1, -0.05) is 35.9 Å². The summed E-state index contributed by atoms with van der Waals surface area (Å²) < 4.78 is 1.82. The molecule has 7 heteroatoms. The van der Waals surface area contributed by atoms with Crippen molar-refractivity contribution in [1.82, 2.24) is 20.0 Å². The lowest BCUT2D eigenvalue weighted by Crippen LogP contribution is -2.38. The molecule has 0 unspecified atom stereocenters. The van der Waals surface area contributed by atoms with E-state index >= 15 is 0 Å². The molecule has 2 aromatic carbocycles. The summed E-state index contributed by atoms with van der Waals surface area (Å²) in [7, 11) is 1.90. The van der Waals surface area contributed by atoms with Crippen LogP contribution in [0.3, 0.4) is 0 Å². The third kappa shape index (κ3) is 4.70. The van der Waals surface area contributed by atoms with E-state index in [0.717, 1.165) is 55.0 Å². The van der Waals surface area contributed by atoms with Crippen LogP contribution in [0.5, 0.6) is 0 Å². The topological polar surface area (TPSA) is 50.2 Å². The van der Waals surface area contributed by atoms with Crippen LogP contribution in [0, 0.1) is 12.8 Å². The zero-order valence-corrected chi connectivity index (χ0v) is 20.7. The minimum absolute atomic E-state index is 0.0692. The lowest BCUT2D eigenvalue weighted by molar-refractivity contribution is 0.0929.